The van der Waals surface area contributed by atoms with E-state index in [1.807, 2.05) is 18.7 Å². The Hall–Kier alpha value is -1.29. The van der Waals surface area contributed by atoms with Crippen molar-refractivity contribution in [3.8, 4) is 0 Å². The van der Waals surface area contributed by atoms with Gasteiger partial charge in [-0.2, -0.15) is 0 Å². The van der Waals surface area contributed by atoms with E-state index in [9.17, 15) is 9.18 Å². The molecule has 0 aliphatic rings. The van der Waals surface area contributed by atoms with Crippen molar-refractivity contribution in [1.82, 2.24) is 4.90 Å². The van der Waals surface area contributed by atoms with E-state index >= 15 is 0 Å². The molecule has 106 valence electrons. The van der Waals surface area contributed by atoms with E-state index in [4.69, 9.17) is 11.6 Å². The third-order valence-electron chi connectivity index (χ3n) is 2.70. The van der Waals surface area contributed by atoms with E-state index in [1.165, 1.54) is 12.1 Å². The fourth-order valence-electron chi connectivity index (χ4n) is 1.80. The van der Waals surface area contributed by atoms with Crippen molar-refractivity contribution in [2.75, 3.05) is 25.0 Å². The Morgan fingerprint density at radius 1 is 1.32 bits per heavy atom. The minimum atomic E-state index is -0.461. The lowest BCUT2D eigenvalue weighted by Crippen LogP contribution is -2.36. The van der Waals surface area contributed by atoms with Gasteiger partial charge in [-0.25, -0.2) is 4.39 Å². The lowest BCUT2D eigenvalue weighted by atomic mass is 10.3. The van der Waals surface area contributed by atoms with Crippen LogP contribution >= 0.6 is 11.6 Å². The summed E-state index contributed by atoms with van der Waals surface area (Å²) >= 11 is 5.68. The Balaban J connectivity index is 2.54. The molecule has 1 aromatic carbocycles. The van der Waals surface area contributed by atoms with Crippen LogP contribution in [0, 0.1) is 5.82 Å². The number of amides is 1. The molecule has 0 radical (unpaired) electrons. The van der Waals surface area contributed by atoms with Crippen molar-refractivity contribution in [2.24, 2.45) is 0 Å². The Morgan fingerprint density at radius 3 is 2.47 bits per heavy atom. The zero-order valence-corrected chi connectivity index (χ0v) is 12.1. The number of nitrogens with zero attached hydrogens (tertiary/aromatic N) is 1. The van der Waals surface area contributed by atoms with Gasteiger partial charge in [0.1, 0.15) is 5.82 Å². The van der Waals surface area contributed by atoms with Crippen LogP contribution in [0.4, 0.5) is 10.1 Å². The highest BCUT2D eigenvalue weighted by atomic mass is 35.5. The third-order valence-corrected chi connectivity index (χ3v) is 2.99. The molecule has 3 nitrogen and oxygen atoms in total. The standard InChI is InChI=1S/C14H20ClFN2O/c1-3-7-18(8-4-2)14(19)10-17-11-5-6-13(16)12(15)9-11/h5-6,9,17H,3-4,7-8,10H2,1-2H3. The number of anilines is 1. The second-order valence-corrected chi connectivity index (χ2v) is 4.77. The SMILES string of the molecule is CCCN(CCC)C(=O)CNc1ccc(F)c(Cl)c1. The first kappa shape index (κ1) is 15.8. The lowest BCUT2D eigenvalue weighted by Gasteiger charge is -2.21. The van der Waals surface area contributed by atoms with Gasteiger partial charge in [0.05, 0.1) is 11.6 Å². The molecule has 5 heteroatoms. The van der Waals surface area contributed by atoms with Crippen LogP contribution in [-0.4, -0.2) is 30.4 Å². The van der Waals surface area contributed by atoms with E-state index in [1.54, 1.807) is 6.07 Å². The molecule has 0 saturated heterocycles. The van der Waals surface area contributed by atoms with Crippen LogP contribution in [0.5, 0.6) is 0 Å². The maximum Gasteiger partial charge on any atom is 0.241 e. The van der Waals surface area contributed by atoms with Crippen LogP contribution in [0.25, 0.3) is 0 Å². The van der Waals surface area contributed by atoms with Gasteiger partial charge >= 0.3 is 0 Å². The average Bonchev–Trinajstić information content (AvgIpc) is 2.39. The summed E-state index contributed by atoms with van der Waals surface area (Å²) in [6.45, 7) is 5.81. The Morgan fingerprint density at radius 2 is 1.95 bits per heavy atom. The molecular formula is C14H20ClFN2O. The summed E-state index contributed by atoms with van der Waals surface area (Å²) in [6, 6.07) is 4.33. The number of benzene rings is 1. The fraction of sp³-hybridized carbons (Fsp3) is 0.500. The van der Waals surface area contributed by atoms with Crippen molar-refractivity contribution in [2.45, 2.75) is 26.7 Å². The van der Waals surface area contributed by atoms with Gasteiger partial charge < -0.3 is 10.2 Å². The third kappa shape index (κ3) is 5.07. The number of halogens is 2. The second kappa shape index (κ2) is 8.00. The maximum absolute atomic E-state index is 13.0. The maximum atomic E-state index is 13.0. The fourth-order valence-corrected chi connectivity index (χ4v) is 1.98. The van der Waals surface area contributed by atoms with E-state index < -0.39 is 5.82 Å². The van der Waals surface area contributed by atoms with Crippen molar-refractivity contribution >= 4 is 23.2 Å². The normalized spacial score (nSPS) is 10.3. The molecule has 1 rings (SSSR count). The molecule has 1 amide bonds. The first-order valence-electron chi connectivity index (χ1n) is 6.55. The number of hydrogen-bond acceptors (Lipinski definition) is 2. The van der Waals surface area contributed by atoms with Crippen molar-refractivity contribution < 1.29 is 9.18 Å². The minimum absolute atomic E-state index is 0.0455. The Labute approximate surface area is 118 Å². The van der Waals surface area contributed by atoms with Gasteiger partial charge in [0, 0.05) is 18.8 Å². The minimum Gasteiger partial charge on any atom is -0.376 e. The van der Waals surface area contributed by atoms with Gasteiger partial charge in [-0.15, -0.1) is 0 Å². The molecule has 1 N–H and O–H groups in total. The summed E-state index contributed by atoms with van der Waals surface area (Å²) in [5, 5.41) is 3.02. The number of carbonyl (C=O) groups is 1. The summed E-state index contributed by atoms with van der Waals surface area (Å²) < 4.78 is 13.0. The monoisotopic (exact) mass is 286 g/mol. The number of rotatable bonds is 7. The highest BCUT2D eigenvalue weighted by Crippen LogP contribution is 2.19. The molecule has 0 unspecified atom stereocenters. The molecule has 0 aliphatic heterocycles. The molecule has 0 fully saturated rings. The van der Waals surface area contributed by atoms with Crippen LogP contribution in [0.15, 0.2) is 18.2 Å². The van der Waals surface area contributed by atoms with E-state index in [-0.39, 0.29) is 17.5 Å². The smallest absolute Gasteiger partial charge is 0.241 e. The molecule has 0 aromatic heterocycles. The van der Waals surface area contributed by atoms with Gasteiger partial charge in [0.15, 0.2) is 0 Å². The predicted molar refractivity (Wildman–Crippen MR) is 77.1 cm³/mol. The molecule has 19 heavy (non-hydrogen) atoms. The van der Waals surface area contributed by atoms with Gasteiger partial charge in [-0.05, 0) is 31.0 Å². The van der Waals surface area contributed by atoms with Crippen LogP contribution < -0.4 is 5.32 Å². The Bertz CT molecular complexity index is 420. The molecular weight excluding hydrogens is 267 g/mol. The van der Waals surface area contributed by atoms with Crippen molar-refractivity contribution in [3.05, 3.63) is 29.0 Å². The molecule has 1 aromatic rings. The summed E-state index contributed by atoms with van der Waals surface area (Å²) in [7, 11) is 0. The summed E-state index contributed by atoms with van der Waals surface area (Å²) in [4.78, 5) is 13.8. The van der Waals surface area contributed by atoms with Crippen LogP contribution in [0.1, 0.15) is 26.7 Å². The highest BCUT2D eigenvalue weighted by Gasteiger charge is 2.11. The first-order valence-corrected chi connectivity index (χ1v) is 6.93. The van der Waals surface area contributed by atoms with Crippen molar-refractivity contribution in [3.63, 3.8) is 0 Å². The van der Waals surface area contributed by atoms with Gasteiger partial charge in [-0.3, -0.25) is 4.79 Å². The quantitative estimate of drug-likeness (QED) is 0.831. The Kier molecular flexibility index (Phi) is 6.64. The summed E-state index contributed by atoms with van der Waals surface area (Å²) in [5.74, 6) is -0.415. The molecule has 0 bridgehead atoms. The van der Waals surface area contributed by atoms with Gasteiger partial charge in [0.25, 0.3) is 0 Å². The molecule has 0 saturated carbocycles. The second-order valence-electron chi connectivity index (χ2n) is 4.36. The van der Waals surface area contributed by atoms with Crippen molar-refractivity contribution in [1.29, 1.82) is 0 Å². The van der Waals surface area contributed by atoms with Gasteiger partial charge in [-0.1, -0.05) is 25.4 Å². The largest absolute Gasteiger partial charge is 0.376 e. The summed E-state index contributed by atoms with van der Waals surface area (Å²) in [6.07, 6.45) is 1.88. The van der Waals surface area contributed by atoms with Gasteiger partial charge in [0.2, 0.25) is 5.91 Å². The van der Waals surface area contributed by atoms with Crippen LogP contribution in [-0.2, 0) is 4.79 Å². The highest BCUT2D eigenvalue weighted by molar-refractivity contribution is 6.31. The van der Waals surface area contributed by atoms with E-state index in [0.717, 1.165) is 25.9 Å². The lowest BCUT2D eigenvalue weighted by molar-refractivity contribution is -0.129. The van der Waals surface area contributed by atoms with E-state index in [0.29, 0.717) is 5.69 Å². The molecule has 0 atom stereocenters. The number of nitrogens with one attached hydrogen (secondary N) is 1. The average molecular weight is 287 g/mol. The number of carbonyl (C=O) groups excluding carboxylic acids is 1. The summed E-state index contributed by atoms with van der Waals surface area (Å²) in [5.41, 5.74) is 0.646. The topological polar surface area (TPSA) is 32.3 Å². The van der Waals surface area contributed by atoms with E-state index in [2.05, 4.69) is 5.32 Å². The number of hydrogen-bond donors (Lipinski definition) is 1. The molecule has 0 aliphatic carbocycles. The molecule has 0 heterocycles. The zero-order valence-electron chi connectivity index (χ0n) is 11.4. The first-order chi connectivity index (χ1) is 9.08. The van der Waals surface area contributed by atoms with Crippen LogP contribution in [0.3, 0.4) is 0 Å². The molecule has 0 spiro atoms. The zero-order chi connectivity index (χ0) is 14.3. The predicted octanol–water partition coefficient (Wildman–Crippen LogP) is 3.54. The van der Waals surface area contributed by atoms with Crippen LogP contribution in [0.2, 0.25) is 5.02 Å².